The van der Waals surface area contributed by atoms with Crippen molar-refractivity contribution in [3.8, 4) is 28.2 Å². The van der Waals surface area contributed by atoms with Crippen LogP contribution in [0.1, 0.15) is 0 Å². The zero-order valence-corrected chi connectivity index (χ0v) is 29.9. The molecule has 0 bridgehead atoms. The Hall–Kier alpha value is -7.36. The van der Waals surface area contributed by atoms with Gasteiger partial charge in [0.15, 0.2) is 0 Å². The summed E-state index contributed by atoms with van der Waals surface area (Å²) in [4.78, 5) is 0. The second-order valence-electron chi connectivity index (χ2n) is 14.5. The number of benzene rings is 9. The van der Waals surface area contributed by atoms with Gasteiger partial charge in [-0.1, -0.05) is 133 Å². The van der Waals surface area contributed by atoms with Crippen LogP contribution in [0, 0.1) is 0 Å². The van der Waals surface area contributed by atoms with Gasteiger partial charge in [0.05, 0.1) is 38.8 Å². The van der Waals surface area contributed by atoms with Crippen LogP contribution in [0.2, 0.25) is 0 Å². The molecule has 256 valence electrons. The first-order valence-corrected chi connectivity index (χ1v) is 18.9. The Morgan fingerprint density at radius 3 is 1.49 bits per heavy atom. The van der Waals surface area contributed by atoms with Gasteiger partial charge in [-0.15, -0.1) is 0 Å². The first-order chi connectivity index (χ1) is 27.3. The van der Waals surface area contributed by atoms with E-state index in [1.807, 2.05) is 0 Å². The average Bonchev–Trinajstić information content (AvgIpc) is 3.88. The molecule has 55 heavy (non-hydrogen) atoms. The third kappa shape index (κ3) is 4.32. The van der Waals surface area contributed by atoms with E-state index in [2.05, 4.69) is 214 Å². The van der Waals surface area contributed by atoms with E-state index in [4.69, 9.17) is 0 Å². The highest BCUT2D eigenvalue weighted by Gasteiger charge is 2.20. The van der Waals surface area contributed by atoms with Gasteiger partial charge < -0.3 is 13.7 Å². The van der Waals surface area contributed by atoms with Crippen molar-refractivity contribution in [2.45, 2.75) is 0 Å². The van der Waals surface area contributed by atoms with Crippen LogP contribution in [0.5, 0.6) is 0 Å². The van der Waals surface area contributed by atoms with Gasteiger partial charge in [-0.05, 0) is 83.2 Å². The van der Waals surface area contributed by atoms with E-state index in [1.165, 1.54) is 98.7 Å². The molecule has 0 saturated heterocycles. The van der Waals surface area contributed by atoms with Crippen LogP contribution in [-0.4, -0.2) is 13.7 Å². The van der Waals surface area contributed by atoms with E-state index in [1.54, 1.807) is 0 Å². The van der Waals surface area contributed by atoms with Crippen molar-refractivity contribution >= 4 is 76.2 Å². The summed E-state index contributed by atoms with van der Waals surface area (Å²) in [5.41, 5.74) is 13.2. The lowest BCUT2D eigenvalue weighted by atomic mass is 9.99. The van der Waals surface area contributed by atoms with Crippen molar-refractivity contribution < 1.29 is 0 Å². The smallest absolute Gasteiger partial charge is 0.0549 e. The van der Waals surface area contributed by atoms with Crippen LogP contribution in [0.15, 0.2) is 200 Å². The molecular weight excluding hydrogens is 667 g/mol. The van der Waals surface area contributed by atoms with Crippen molar-refractivity contribution in [3.63, 3.8) is 0 Å². The van der Waals surface area contributed by atoms with Crippen molar-refractivity contribution in [2.24, 2.45) is 0 Å². The highest BCUT2D eigenvalue weighted by atomic mass is 15.0. The Bertz CT molecular complexity index is 3460. The first-order valence-electron chi connectivity index (χ1n) is 18.9. The summed E-state index contributed by atoms with van der Waals surface area (Å²) in [5.74, 6) is 0. The van der Waals surface area contributed by atoms with Crippen LogP contribution in [0.4, 0.5) is 0 Å². The molecule has 3 heterocycles. The van der Waals surface area contributed by atoms with E-state index in [0.29, 0.717) is 0 Å². The Morgan fingerprint density at radius 2 is 0.764 bits per heavy atom. The standard InChI is InChI=1S/C52H33N3/c1-2-16-36(17-3-1)53-48-25-11-8-21-42(48)52-39(22-13-27-49(52)53)35-28-30-37(31-29-35)54-46-23-9-6-19-40(46)43-33-51-44(32-50(43)54)41-20-7-10-24-47(41)55(51)45-26-12-15-34-14-4-5-18-38(34)45/h1-33H. The van der Waals surface area contributed by atoms with Gasteiger partial charge in [0.1, 0.15) is 0 Å². The highest BCUT2D eigenvalue weighted by molar-refractivity contribution is 6.20. The van der Waals surface area contributed by atoms with E-state index >= 15 is 0 Å². The molecule has 3 heteroatoms. The zero-order chi connectivity index (χ0) is 36.0. The maximum Gasteiger partial charge on any atom is 0.0549 e. The number of aromatic nitrogens is 3. The lowest BCUT2D eigenvalue weighted by molar-refractivity contribution is 1.18. The van der Waals surface area contributed by atoms with Crippen LogP contribution < -0.4 is 0 Å². The SMILES string of the molecule is c1ccc(-n2c3ccccc3c3c(-c4ccc(-n5c6ccccc6c6cc7c(cc65)c5ccccc5n7-c5cccc6ccccc56)cc4)cccc32)cc1. The van der Waals surface area contributed by atoms with Gasteiger partial charge in [0.25, 0.3) is 0 Å². The molecule has 0 aliphatic carbocycles. The summed E-state index contributed by atoms with van der Waals surface area (Å²) in [6, 6.07) is 73.2. The average molecular weight is 700 g/mol. The van der Waals surface area contributed by atoms with E-state index < -0.39 is 0 Å². The van der Waals surface area contributed by atoms with Crippen molar-refractivity contribution in [1.82, 2.24) is 13.7 Å². The molecule has 0 aliphatic rings. The molecule has 12 rings (SSSR count). The molecule has 3 aromatic heterocycles. The molecule has 0 fully saturated rings. The number of para-hydroxylation sites is 4. The third-order valence-corrected chi connectivity index (χ3v) is 11.6. The fraction of sp³-hybridized carbons (Fsp3) is 0. The molecule has 12 aromatic rings. The number of fused-ring (bicyclic) bond motifs is 10. The molecule has 0 spiro atoms. The van der Waals surface area contributed by atoms with Crippen LogP contribution in [-0.2, 0) is 0 Å². The van der Waals surface area contributed by atoms with Gasteiger partial charge in [0.2, 0.25) is 0 Å². The number of nitrogens with zero attached hydrogens (tertiary/aromatic N) is 3. The molecular formula is C52H33N3. The second-order valence-corrected chi connectivity index (χ2v) is 14.5. The lowest BCUT2D eigenvalue weighted by Crippen LogP contribution is -1.96. The summed E-state index contributed by atoms with van der Waals surface area (Å²) in [6.07, 6.45) is 0. The maximum atomic E-state index is 2.46. The van der Waals surface area contributed by atoms with Crippen molar-refractivity contribution in [2.75, 3.05) is 0 Å². The minimum absolute atomic E-state index is 1.14. The largest absolute Gasteiger partial charge is 0.309 e. The molecule has 0 amide bonds. The number of hydrogen-bond donors (Lipinski definition) is 0. The van der Waals surface area contributed by atoms with Crippen molar-refractivity contribution in [1.29, 1.82) is 0 Å². The normalized spacial score (nSPS) is 12.0. The summed E-state index contributed by atoms with van der Waals surface area (Å²) < 4.78 is 7.29. The topological polar surface area (TPSA) is 14.8 Å². The fourth-order valence-electron chi connectivity index (χ4n) is 9.28. The van der Waals surface area contributed by atoms with Gasteiger partial charge in [-0.25, -0.2) is 0 Å². The molecule has 0 N–H and O–H groups in total. The monoisotopic (exact) mass is 699 g/mol. The lowest BCUT2D eigenvalue weighted by Gasteiger charge is -2.12. The molecule has 0 saturated carbocycles. The molecule has 9 aromatic carbocycles. The zero-order valence-electron chi connectivity index (χ0n) is 29.9. The molecule has 0 atom stereocenters. The fourth-order valence-corrected chi connectivity index (χ4v) is 9.28. The Morgan fingerprint density at radius 1 is 0.273 bits per heavy atom. The highest BCUT2D eigenvalue weighted by Crippen LogP contribution is 2.42. The summed E-state index contributed by atoms with van der Waals surface area (Å²) >= 11 is 0. The van der Waals surface area contributed by atoms with Gasteiger partial charge in [-0.2, -0.15) is 0 Å². The van der Waals surface area contributed by atoms with E-state index in [9.17, 15) is 0 Å². The Labute approximate surface area is 317 Å². The Balaban J connectivity index is 1.07. The first kappa shape index (κ1) is 30.1. The van der Waals surface area contributed by atoms with Crippen LogP contribution in [0.3, 0.4) is 0 Å². The minimum Gasteiger partial charge on any atom is -0.309 e. The maximum absolute atomic E-state index is 2.46. The third-order valence-electron chi connectivity index (χ3n) is 11.6. The van der Waals surface area contributed by atoms with Crippen LogP contribution >= 0.6 is 0 Å². The molecule has 0 radical (unpaired) electrons. The van der Waals surface area contributed by atoms with Gasteiger partial charge in [0, 0.05) is 49.1 Å². The second kappa shape index (κ2) is 11.6. The molecule has 0 unspecified atom stereocenters. The van der Waals surface area contributed by atoms with Gasteiger partial charge >= 0.3 is 0 Å². The van der Waals surface area contributed by atoms with Crippen LogP contribution in [0.25, 0.3) is 104 Å². The van der Waals surface area contributed by atoms with Gasteiger partial charge in [-0.3, -0.25) is 0 Å². The molecule has 3 nitrogen and oxygen atoms in total. The summed E-state index contributed by atoms with van der Waals surface area (Å²) in [7, 11) is 0. The van der Waals surface area contributed by atoms with Crippen molar-refractivity contribution in [3.05, 3.63) is 200 Å². The predicted octanol–water partition coefficient (Wildman–Crippen LogP) is 13.8. The summed E-state index contributed by atoms with van der Waals surface area (Å²) in [5, 5.41) is 10.0. The molecule has 0 aliphatic heterocycles. The predicted molar refractivity (Wildman–Crippen MR) is 232 cm³/mol. The van der Waals surface area contributed by atoms with E-state index in [0.717, 1.165) is 5.69 Å². The Kier molecular flexibility index (Phi) is 6.34. The minimum atomic E-state index is 1.14. The number of hydrogen-bond acceptors (Lipinski definition) is 0. The summed E-state index contributed by atoms with van der Waals surface area (Å²) in [6.45, 7) is 0. The number of rotatable bonds is 4. The van der Waals surface area contributed by atoms with E-state index in [-0.39, 0.29) is 0 Å². The quantitative estimate of drug-likeness (QED) is 0.174.